The molecule has 122 valence electrons. The lowest BCUT2D eigenvalue weighted by Gasteiger charge is -2.37. The highest BCUT2D eigenvalue weighted by Gasteiger charge is 2.35. The van der Waals surface area contributed by atoms with Crippen LogP contribution in [0.4, 0.5) is 0 Å². The van der Waals surface area contributed by atoms with Crippen LogP contribution in [0, 0.1) is 0 Å². The topological polar surface area (TPSA) is 27.7 Å². The Morgan fingerprint density at radius 2 is 1.35 bits per heavy atom. The lowest BCUT2D eigenvalue weighted by molar-refractivity contribution is -0.237. The summed E-state index contributed by atoms with van der Waals surface area (Å²) in [5.74, 6) is 0. The van der Waals surface area contributed by atoms with Crippen molar-refractivity contribution in [3.05, 3.63) is 0 Å². The van der Waals surface area contributed by atoms with E-state index in [-0.39, 0.29) is 6.10 Å². The van der Waals surface area contributed by atoms with Crippen molar-refractivity contribution in [3.8, 4) is 0 Å². The quantitative estimate of drug-likeness (QED) is 0.280. The minimum atomic E-state index is -0.469. The third kappa shape index (κ3) is 8.40. The molecule has 0 saturated carbocycles. The van der Waals surface area contributed by atoms with Crippen molar-refractivity contribution in [1.29, 1.82) is 0 Å². The van der Waals surface area contributed by atoms with Gasteiger partial charge in [0, 0.05) is 19.8 Å². The van der Waals surface area contributed by atoms with Crippen LogP contribution in [0.25, 0.3) is 0 Å². The molecule has 20 heavy (non-hydrogen) atoms. The molecular weight excluding hydrogens is 268 g/mol. The average Bonchev–Trinajstić information content (AvgIpc) is 2.42. The normalized spacial score (nSPS) is 13.8. The van der Waals surface area contributed by atoms with Crippen LogP contribution in [0.5, 0.6) is 0 Å². The summed E-state index contributed by atoms with van der Waals surface area (Å²) in [7, 11) is 0.836. The minimum absolute atomic E-state index is 0.0882. The summed E-state index contributed by atoms with van der Waals surface area (Å²) >= 11 is 0. The molecule has 0 bridgehead atoms. The van der Waals surface area contributed by atoms with Gasteiger partial charge in [-0.1, -0.05) is 45.4 Å². The van der Waals surface area contributed by atoms with Crippen molar-refractivity contribution < 1.29 is 14.2 Å². The largest absolute Gasteiger partial charge is 0.373 e. The Morgan fingerprint density at radius 3 is 1.85 bits per heavy atom. The van der Waals surface area contributed by atoms with Crippen LogP contribution in [0.15, 0.2) is 0 Å². The maximum absolute atomic E-state index is 5.92. The Morgan fingerprint density at radius 1 is 0.800 bits per heavy atom. The molecule has 1 atom stereocenters. The maximum Gasteiger partial charge on any atom is 0.166 e. The highest BCUT2D eigenvalue weighted by Crippen LogP contribution is 2.23. The van der Waals surface area contributed by atoms with E-state index in [1.165, 1.54) is 38.5 Å². The first-order chi connectivity index (χ1) is 9.64. The van der Waals surface area contributed by atoms with Gasteiger partial charge in [0.05, 0.1) is 10.2 Å². The van der Waals surface area contributed by atoms with Crippen LogP contribution >= 0.6 is 0 Å². The molecule has 0 aromatic carbocycles. The van der Waals surface area contributed by atoms with Crippen molar-refractivity contribution in [1.82, 2.24) is 0 Å². The number of ether oxygens (including phenoxy) is 3. The molecule has 4 heteroatoms. The molecule has 0 saturated heterocycles. The zero-order valence-electron chi connectivity index (χ0n) is 14.4. The monoisotopic (exact) mass is 304 g/mol. The van der Waals surface area contributed by atoms with E-state index in [0.717, 1.165) is 23.3 Å². The summed E-state index contributed by atoms with van der Waals surface area (Å²) in [5, 5.41) is 0. The van der Waals surface area contributed by atoms with Crippen LogP contribution < -0.4 is 0 Å². The van der Waals surface area contributed by atoms with E-state index in [9.17, 15) is 0 Å². The van der Waals surface area contributed by atoms with Gasteiger partial charge in [-0.15, -0.1) is 0 Å². The molecular formula is C16H36O3Si. The maximum atomic E-state index is 5.92. The van der Waals surface area contributed by atoms with Gasteiger partial charge in [0.2, 0.25) is 0 Å². The van der Waals surface area contributed by atoms with E-state index in [2.05, 4.69) is 6.92 Å². The van der Waals surface area contributed by atoms with Crippen molar-refractivity contribution in [2.45, 2.75) is 84.2 Å². The predicted molar refractivity (Wildman–Crippen MR) is 89.3 cm³/mol. The molecule has 3 nitrogen and oxygen atoms in total. The van der Waals surface area contributed by atoms with E-state index in [4.69, 9.17) is 14.2 Å². The summed E-state index contributed by atoms with van der Waals surface area (Å²) in [5.41, 5.74) is -0.469. The SMILES string of the molecule is CCCCCCCCC(OCC)C([SiH3])(OCC)OCC. The van der Waals surface area contributed by atoms with Gasteiger partial charge in [0.1, 0.15) is 6.10 Å². The smallest absolute Gasteiger partial charge is 0.166 e. The molecule has 0 radical (unpaired) electrons. The Labute approximate surface area is 129 Å². The lowest BCUT2D eigenvalue weighted by Crippen LogP contribution is -2.49. The minimum Gasteiger partial charge on any atom is -0.373 e. The van der Waals surface area contributed by atoms with Gasteiger partial charge < -0.3 is 14.2 Å². The van der Waals surface area contributed by atoms with Crippen LogP contribution in [-0.2, 0) is 14.2 Å². The van der Waals surface area contributed by atoms with E-state index >= 15 is 0 Å². The molecule has 0 aliphatic rings. The second-order valence-electron chi connectivity index (χ2n) is 5.38. The zero-order valence-corrected chi connectivity index (χ0v) is 16.4. The van der Waals surface area contributed by atoms with Gasteiger partial charge in [0.15, 0.2) is 5.41 Å². The second kappa shape index (κ2) is 12.8. The van der Waals surface area contributed by atoms with E-state index in [0.29, 0.717) is 13.2 Å². The van der Waals surface area contributed by atoms with Crippen LogP contribution in [0.3, 0.4) is 0 Å². The molecule has 0 aromatic rings. The van der Waals surface area contributed by atoms with Gasteiger partial charge in [0.25, 0.3) is 0 Å². The van der Waals surface area contributed by atoms with Gasteiger partial charge in [-0.25, -0.2) is 0 Å². The molecule has 0 amide bonds. The second-order valence-corrected chi connectivity index (χ2v) is 6.78. The number of hydrogen-bond acceptors (Lipinski definition) is 3. The fourth-order valence-corrected chi connectivity index (χ4v) is 3.64. The summed E-state index contributed by atoms with van der Waals surface area (Å²) in [6.07, 6.45) is 8.99. The molecule has 0 fully saturated rings. The summed E-state index contributed by atoms with van der Waals surface area (Å²) in [4.78, 5) is 0. The van der Waals surface area contributed by atoms with E-state index in [1.807, 2.05) is 20.8 Å². The Bertz CT molecular complexity index is 206. The van der Waals surface area contributed by atoms with Crippen molar-refractivity contribution in [2.75, 3.05) is 19.8 Å². The third-order valence-electron chi connectivity index (χ3n) is 3.63. The van der Waals surface area contributed by atoms with Gasteiger partial charge in [-0.05, 0) is 27.2 Å². The summed E-state index contributed by atoms with van der Waals surface area (Å²) in [6.45, 7) is 10.5. The van der Waals surface area contributed by atoms with Crippen molar-refractivity contribution >= 4 is 10.2 Å². The Kier molecular flexibility index (Phi) is 12.9. The molecule has 0 rings (SSSR count). The zero-order chi connectivity index (χ0) is 15.3. The molecule has 0 spiro atoms. The van der Waals surface area contributed by atoms with Gasteiger partial charge in [-0.3, -0.25) is 0 Å². The van der Waals surface area contributed by atoms with E-state index in [1.54, 1.807) is 0 Å². The Balaban J connectivity index is 4.22. The molecule has 0 aliphatic heterocycles. The Hall–Kier alpha value is 0.0969. The van der Waals surface area contributed by atoms with Crippen molar-refractivity contribution in [2.24, 2.45) is 0 Å². The van der Waals surface area contributed by atoms with Crippen LogP contribution in [0.2, 0.25) is 0 Å². The number of hydrogen-bond donors (Lipinski definition) is 0. The number of unbranched alkanes of at least 4 members (excludes halogenated alkanes) is 5. The molecule has 0 heterocycles. The van der Waals surface area contributed by atoms with Crippen LogP contribution in [-0.4, -0.2) is 41.6 Å². The standard InChI is InChI=1S/C16H36O3Si/c1-5-9-10-11-12-13-14-15(17-6-2)16(20,18-7-3)19-8-4/h15H,5-14H2,1-4,20H3. The number of rotatable bonds is 14. The highest BCUT2D eigenvalue weighted by molar-refractivity contribution is 6.13. The molecule has 0 aliphatic carbocycles. The van der Waals surface area contributed by atoms with Crippen molar-refractivity contribution in [3.63, 3.8) is 0 Å². The van der Waals surface area contributed by atoms with Crippen LogP contribution in [0.1, 0.15) is 72.6 Å². The highest BCUT2D eigenvalue weighted by atomic mass is 28.1. The fraction of sp³-hybridized carbons (Fsp3) is 1.00. The average molecular weight is 305 g/mol. The predicted octanol–water partition coefficient (Wildman–Crippen LogP) is 3.23. The fourth-order valence-electron chi connectivity index (χ4n) is 2.61. The molecule has 0 N–H and O–H groups in total. The molecule has 0 aromatic heterocycles. The van der Waals surface area contributed by atoms with Gasteiger partial charge in [-0.2, -0.15) is 0 Å². The summed E-state index contributed by atoms with van der Waals surface area (Å²) < 4.78 is 17.7. The first-order valence-corrected chi connectivity index (χ1v) is 9.54. The first kappa shape index (κ1) is 20.1. The van der Waals surface area contributed by atoms with Gasteiger partial charge >= 0.3 is 0 Å². The summed E-state index contributed by atoms with van der Waals surface area (Å²) in [6, 6.07) is 0. The molecule has 1 unspecified atom stereocenters. The third-order valence-corrected chi connectivity index (χ3v) is 4.86. The van der Waals surface area contributed by atoms with E-state index < -0.39 is 5.41 Å². The lowest BCUT2D eigenvalue weighted by atomic mass is 10.1. The first-order valence-electron chi connectivity index (χ1n) is 8.54.